The minimum absolute atomic E-state index is 0.0280. The van der Waals surface area contributed by atoms with E-state index in [-0.39, 0.29) is 59.0 Å². The lowest BCUT2D eigenvalue weighted by atomic mass is 9.56. The van der Waals surface area contributed by atoms with Gasteiger partial charge in [0.25, 0.3) is 0 Å². The van der Waals surface area contributed by atoms with Crippen LogP contribution in [-0.4, -0.2) is 42.0 Å². The van der Waals surface area contributed by atoms with Crippen molar-refractivity contribution in [1.82, 2.24) is 0 Å². The minimum atomic E-state index is -0.724. The van der Waals surface area contributed by atoms with Gasteiger partial charge in [-0.25, -0.2) is 0 Å². The molecule has 180 valence electrons. The van der Waals surface area contributed by atoms with E-state index in [1.165, 1.54) is 6.92 Å². The zero-order chi connectivity index (χ0) is 24.2. The van der Waals surface area contributed by atoms with Crippen molar-refractivity contribution in [2.45, 2.75) is 85.0 Å². The van der Waals surface area contributed by atoms with Crippen molar-refractivity contribution in [2.24, 2.45) is 22.7 Å². The molecule has 2 aliphatic heterocycles. The Morgan fingerprint density at radius 2 is 1.94 bits per heavy atom. The number of hydrogen-bond acceptors (Lipinski definition) is 6. The van der Waals surface area contributed by atoms with Crippen LogP contribution in [0, 0.1) is 22.7 Å². The third kappa shape index (κ3) is 4.34. The Hall–Kier alpha value is -2.21. The van der Waals surface area contributed by atoms with E-state index in [4.69, 9.17) is 14.2 Å². The summed E-state index contributed by atoms with van der Waals surface area (Å²) in [5.41, 5.74) is -0.221. The molecule has 0 bridgehead atoms. The molecule has 0 spiro atoms. The van der Waals surface area contributed by atoms with Gasteiger partial charge in [0.15, 0.2) is 11.6 Å². The fourth-order valence-corrected chi connectivity index (χ4v) is 6.35. The number of epoxide rings is 1. The highest BCUT2D eigenvalue weighted by atomic mass is 16.7. The number of ether oxygens (including phenoxy) is 3. The smallest absolute Gasteiger partial charge is 0.302 e. The van der Waals surface area contributed by atoms with Crippen LogP contribution >= 0.6 is 0 Å². The largest absolute Gasteiger partial charge is 0.488 e. The van der Waals surface area contributed by atoms with Crippen molar-refractivity contribution in [3.63, 3.8) is 0 Å². The first-order valence-electron chi connectivity index (χ1n) is 12.0. The molecule has 4 aliphatic rings. The third-order valence-corrected chi connectivity index (χ3v) is 8.12. The number of carbonyl (C=O) groups excluding carboxylic acids is 3. The van der Waals surface area contributed by atoms with Crippen LogP contribution < -0.4 is 0 Å². The van der Waals surface area contributed by atoms with Crippen molar-refractivity contribution >= 4 is 17.5 Å². The molecule has 33 heavy (non-hydrogen) atoms. The number of fused-ring (bicyclic) bond motifs is 3. The lowest BCUT2D eigenvalue weighted by Gasteiger charge is -2.49. The molecular weight excluding hydrogens is 420 g/mol. The van der Waals surface area contributed by atoms with E-state index in [0.29, 0.717) is 12.0 Å². The van der Waals surface area contributed by atoms with Crippen LogP contribution in [0.15, 0.2) is 35.6 Å². The van der Waals surface area contributed by atoms with Crippen LogP contribution in [-0.2, 0) is 28.6 Å². The van der Waals surface area contributed by atoms with E-state index < -0.39 is 5.60 Å². The molecule has 0 N–H and O–H groups in total. The maximum Gasteiger partial charge on any atom is 0.302 e. The summed E-state index contributed by atoms with van der Waals surface area (Å²) in [6.45, 7) is 11.6. The Morgan fingerprint density at radius 1 is 1.21 bits per heavy atom. The highest BCUT2D eigenvalue weighted by Gasteiger charge is 2.70. The summed E-state index contributed by atoms with van der Waals surface area (Å²) in [6, 6.07) is 0. The molecule has 0 aromatic carbocycles. The fraction of sp³-hybridized carbons (Fsp3) is 0.667. The summed E-state index contributed by atoms with van der Waals surface area (Å²) < 4.78 is 18.1. The highest BCUT2D eigenvalue weighted by molar-refractivity contribution is 5.96. The van der Waals surface area contributed by atoms with Crippen LogP contribution in [0.25, 0.3) is 0 Å². The van der Waals surface area contributed by atoms with Gasteiger partial charge < -0.3 is 14.2 Å². The van der Waals surface area contributed by atoms with Gasteiger partial charge in [-0.2, -0.15) is 0 Å². The van der Waals surface area contributed by atoms with Crippen LogP contribution in [0.3, 0.4) is 0 Å². The van der Waals surface area contributed by atoms with Gasteiger partial charge in [-0.3, -0.25) is 14.4 Å². The standard InChI is InChI=1S/C27H36O6/c1-16-12-21-19(13-20(16)30)27(15-31-18(3)29)24(33-27)22(32-21)14-26(6)11-7-10-25(4,5)23(26)9-8-17(2)28/h8-9,12,14,19,21,23-24H,7,10-11,13,15H2,1-6H3/b9-8+,22-14+. The zero-order valence-corrected chi connectivity index (χ0v) is 20.6. The van der Waals surface area contributed by atoms with Gasteiger partial charge >= 0.3 is 5.97 Å². The van der Waals surface area contributed by atoms with Crippen molar-refractivity contribution in [1.29, 1.82) is 0 Å². The maximum atomic E-state index is 12.4. The second-order valence-electron chi connectivity index (χ2n) is 11.2. The Bertz CT molecular complexity index is 956. The third-order valence-electron chi connectivity index (χ3n) is 8.12. The molecule has 2 saturated heterocycles. The van der Waals surface area contributed by atoms with E-state index >= 15 is 0 Å². The van der Waals surface area contributed by atoms with Gasteiger partial charge in [-0.05, 0) is 67.2 Å². The van der Waals surface area contributed by atoms with E-state index in [1.807, 2.05) is 13.0 Å². The van der Waals surface area contributed by atoms with Crippen molar-refractivity contribution < 1.29 is 28.6 Å². The van der Waals surface area contributed by atoms with E-state index in [1.54, 1.807) is 13.0 Å². The van der Waals surface area contributed by atoms with Gasteiger partial charge in [0.05, 0.1) is 0 Å². The average Bonchev–Trinajstić information content (AvgIpc) is 3.43. The molecule has 6 nitrogen and oxygen atoms in total. The topological polar surface area (TPSA) is 82.2 Å². The summed E-state index contributed by atoms with van der Waals surface area (Å²) in [5, 5.41) is 0. The second kappa shape index (κ2) is 8.23. The van der Waals surface area contributed by atoms with Gasteiger partial charge in [0.1, 0.15) is 30.2 Å². The first-order chi connectivity index (χ1) is 15.4. The van der Waals surface area contributed by atoms with Crippen LogP contribution in [0.4, 0.5) is 0 Å². The Kier molecular flexibility index (Phi) is 5.97. The first kappa shape index (κ1) is 23.9. The van der Waals surface area contributed by atoms with Gasteiger partial charge in [0.2, 0.25) is 0 Å². The second-order valence-corrected chi connectivity index (χ2v) is 11.2. The van der Waals surface area contributed by atoms with Crippen molar-refractivity contribution in [3.05, 3.63) is 35.6 Å². The molecule has 0 radical (unpaired) electrons. The Balaban J connectivity index is 1.71. The fourth-order valence-electron chi connectivity index (χ4n) is 6.35. The van der Waals surface area contributed by atoms with Gasteiger partial charge in [0, 0.05) is 19.3 Å². The van der Waals surface area contributed by atoms with Crippen LogP contribution in [0.2, 0.25) is 0 Å². The van der Waals surface area contributed by atoms with E-state index in [2.05, 4.69) is 32.9 Å². The van der Waals surface area contributed by atoms with Crippen LogP contribution in [0.5, 0.6) is 0 Å². The molecule has 6 heteroatoms. The first-order valence-corrected chi connectivity index (χ1v) is 12.0. The number of rotatable bonds is 5. The van der Waals surface area contributed by atoms with E-state index in [9.17, 15) is 14.4 Å². The Labute approximate surface area is 196 Å². The quantitative estimate of drug-likeness (QED) is 0.345. The van der Waals surface area contributed by atoms with Crippen molar-refractivity contribution in [2.75, 3.05) is 6.61 Å². The number of hydrogen-bond donors (Lipinski definition) is 0. The number of esters is 1. The molecule has 4 rings (SSSR count). The van der Waals surface area contributed by atoms with Crippen LogP contribution in [0.1, 0.15) is 67.2 Å². The average molecular weight is 457 g/mol. The molecular formula is C27H36O6. The molecule has 0 aromatic heterocycles. The van der Waals surface area contributed by atoms with Gasteiger partial charge in [-0.1, -0.05) is 33.3 Å². The van der Waals surface area contributed by atoms with E-state index in [0.717, 1.165) is 25.0 Å². The number of Topliss-reactive ketones (excluding diaryl/α,β-unsaturated/α-hetero) is 1. The predicted octanol–water partition coefficient (Wildman–Crippen LogP) is 4.48. The predicted molar refractivity (Wildman–Crippen MR) is 123 cm³/mol. The normalized spacial score (nSPS) is 40.5. The minimum Gasteiger partial charge on any atom is -0.488 e. The molecule has 2 aliphatic carbocycles. The van der Waals surface area contributed by atoms with Gasteiger partial charge in [-0.15, -0.1) is 0 Å². The summed E-state index contributed by atoms with van der Waals surface area (Å²) in [5.74, 6) is 0.489. The summed E-state index contributed by atoms with van der Waals surface area (Å²) in [7, 11) is 0. The molecule has 6 atom stereocenters. The molecule has 0 amide bonds. The number of allylic oxidation sites excluding steroid dienone is 4. The lowest BCUT2D eigenvalue weighted by molar-refractivity contribution is -0.144. The molecule has 0 aromatic rings. The monoisotopic (exact) mass is 456 g/mol. The molecule has 6 unspecified atom stereocenters. The maximum absolute atomic E-state index is 12.4. The zero-order valence-electron chi connectivity index (χ0n) is 20.6. The highest BCUT2D eigenvalue weighted by Crippen LogP contribution is 2.59. The summed E-state index contributed by atoms with van der Waals surface area (Å²) >= 11 is 0. The van der Waals surface area contributed by atoms with Crippen molar-refractivity contribution in [3.8, 4) is 0 Å². The molecule has 2 heterocycles. The summed E-state index contributed by atoms with van der Waals surface area (Å²) in [4.78, 5) is 35.7. The Morgan fingerprint density at radius 3 is 2.61 bits per heavy atom. The molecule has 1 saturated carbocycles. The summed E-state index contributed by atoms with van der Waals surface area (Å²) in [6.07, 6.45) is 10.7. The number of carbonyl (C=O) groups is 3. The lowest BCUT2D eigenvalue weighted by Crippen LogP contribution is -2.48. The number of ketones is 2. The molecule has 3 fully saturated rings. The SMILES string of the molecule is CC(=O)/C=C/C1C(C)(C)CCCC1(C)/C=C1/OC2C=C(C)C(=O)CC2C2(COC(C)=O)OC12.